The van der Waals surface area contributed by atoms with E-state index < -0.39 is 6.61 Å². The summed E-state index contributed by atoms with van der Waals surface area (Å²) < 4.78 is 34.3. The van der Waals surface area contributed by atoms with E-state index in [0.717, 1.165) is 38.0 Å². The number of halogens is 2. The van der Waals surface area contributed by atoms with Crippen LogP contribution in [-0.2, 0) is 4.74 Å². The standard InChI is InChI=1S/C15H21F2NO2/c1-11(18-13-5-3-8-19-9-7-13)12-4-2-6-14(10-12)20-15(16)17/h2,4,6,10-11,13,15,18H,3,5,7-9H2,1H3. The SMILES string of the molecule is CC(NC1CCCOCC1)c1cccc(OC(F)F)c1. The van der Waals surface area contributed by atoms with Gasteiger partial charge in [0.15, 0.2) is 0 Å². The molecule has 0 saturated carbocycles. The lowest BCUT2D eigenvalue weighted by molar-refractivity contribution is -0.0499. The van der Waals surface area contributed by atoms with Crippen LogP contribution < -0.4 is 10.1 Å². The first-order valence-corrected chi connectivity index (χ1v) is 7.03. The lowest BCUT2D eigenvalue weighted by Crippen LogP contribution is -2.31. The zero-order valence-electron chi connectivity index (χ0n) is 11.6. The van der Waals surface area contributed by atoms with E-state index in [-0.39, 0.29) is 11.8 Å². The molecule has 1 saturated heterocycles. The summed E-state index contributed by atoms with van der Waals surface area (Å²) in [6.45, 7) is 0.851. The molecule has 2 atom stereocenters. The summed E-state index contributed by atoms with van der Waals surface area (Å²) in [6.07, 6.45) is 3.12. The number of ether oxygens (including phenoxy) is 2. The van der Waals surface area contributed by atoms with Gasteiger partial charge in [0.25, 0.3) is 0 Å². The number of nitrogens with one attached hydrogen (secondary N) is 1. The van der Waals surface area contributed by atoms with Crippen molar-refractivity contribution < 1.29 is 18.3 Å². The average Bonchev–Trinajstić information content (AvgIpc) is 2.67. The summed E-state index contributed by atoms with van der Waals surface area (Å²) >= 11 is 0. The summed E-state index contributed by atoms with van der Waals surface area (Å²) in [5, 5.41) is 3.53. The van der Waals surface area contributed by atoms with Gasteiger partial charge < -0.3 is 14.8 Å². The zero-order chi connectivity index (χ0) is 14.4. The van der Waals surface area contributed by atoms with Crippen molar-refractivity contribution in [2.24, 2.45) is 0 Å². The highest BCUT2D eigenvalue weighted by Gasteiger charge is 2.16. The van der Waals surface area contributed by atoms with E-state index in [9.17, 15) is 8.78 Å². The maximum atomic E-state index is 12.2. The lowest BCUT2D eigenvalue weighted by atomic mass is 10.0. The summed E-state index contributed by atoms with van der Waals surface area (Å²) in [4.78, 5) is 0. The van der Waals surface area contributed by atoms with Gasteiger partial charge in [0.05, 0.1) is 0 Å². The minimum absolute atomic E-state index is 0.0966. The van der Waals surface area contributed by atoms with Gasteiger partial charge in [-0.1, -0.05) is 12.1 Å². The number of rotatable bonds is 5. The number of hydrogen-bond donors (Lipinski definition) is 1. The summed E-state index contributed by atoms with van der Waals surface area (Å²) in [7, 11) is 0. The Morgan fingerprint density at radius 1 is 1.30 bits per heavy atom. The van der Waals surface area contributed by atoms with Gasteiger partial charge in [-0.05, 0) is 43.9 Å². The maximum Gasteiger partial charge on any atom is 0.387 e. The molecule has 1 aromatic carbocycles. The van der Waals surface area contributed by atoms with Crippen molar-refractivity contribution in [2.45, 2.75) is 44.9 Å². The Morgan fingerprint density at radius 3 is 2.95 bits per heavy atom. The third kappa shape index (κ3) is 4.72. The zero-order valence-corrected chi connectivity index (χ0v) is 11.6. The summed E-state index contributed by atoms with van der Waals surface area (Å²) in [6, 6.07) is 7.37. The number of hydrogen-bond acceptors (Lipinski definition) is 3. The monoisotopic (exact) mass is 285 g/mol. The first-order valence-electron chi connectivity index (χ1n) is 7.03. The van der Waals surface area contributed by atoms with E-state index >= 15 is 0 Å². The van der Waals surface area contributed by atoms with Gasteiger partial charge in [0, 0.05) is 25.3 Å². The molecule has 2 unspecified atom stereocenters. The number of benzene rings is 1. The molecule has 5 heteroatoms. The van der Waals surface area contributed by atoms with Crippen LogP contribution in [0.5, 0.6) is 5.75 Å². The predicted octanol–water partition coefficient (Wildman–Crippen LogP) is 3.51. The molecule has 1 fully saturated rings. The van der Waals surface area contributed by atoms with Crippen molar-refractivity contribution in [1.82, 2.24) is 5.32 Å². The second kappa shape index (κ2) is 7.55. The molecule has 0 radical (unpaired) electrons. The minimum Gasteiger partial charge on any atom is -0.435 e. The normalized spacial score (nSPS) is 21.5. The van der Waals surface area contributed by atoms with Crippen LogP contribution in [0.15, 0.2) is 24.3 Å². The fourth-order valence-electron chi connectivity index (χ4n) is 2.48. The number of alkyl halides is 2. The highest BCUT2D eigenvalue weighted by atomic mass is 19.3. The Labute approximate surface area is 118 Å². The van der Waals surface area contributed by atoms with Gasteiger partial charge in [-0.25, -0.2) is 0 Å². The molecule has 3 nitrogen and oxygen atoms in total. The van der Waals surface area contributed by atoms with Gasteiger partial charge in [-0.15, -0.1) is 0 Å². The first kappa shape index (κ1) is 15.2. The Balaban J connectivity index is 1.95. The molecular weight excluding hydrogens is 264 g/mol. The van der Waals surface area contributed by atoms with Crippen LogP contribution in [0, 0.1) is 0 Å². The second-order valence-corrected chi connectivity index (χ2v) is 5.08. The van der Waals surface area contributed by atoms with E-state index in [2.05, 4.69) is 10.1 Å². The van der Waals surface area contributed by atoms with Crippen LogP contribution in [0.2, 0.25) is 0 Å². The molecule has 0 aromatic heterocycles. The molecule has 1 N–H and O–H groups in total. The Kier molecular flexibility index (Phi) is 5.73. The molecule has 0 spiro atoms. The predicted molar refractivity (Wildman–Crippen MR) is 73.1 cm³/mol. The highest BCUT2D eigenvalue weighted by Crippen LogP contribution is 2.22. The Morgan fingerprint density at radius 2 is 2.15 bits per heavy atom. The van der Waals surface area contributed by atoms with Crippen LogP contribution in [-0.4, -0.2) is 25.9 Å². The molecule has 0 bridgehead atoms. The Bertz CT molecular complexity index is 407. The maximum absolute atomic E-state index is 12.2. The van der Waals surface area contributed by atoms with Crippen molar-refractivity contribution in [3.8, 4) is 5.75 Å². The van der Waals surface area contributed by atoms with Crippen molar-refractivity contribution in [2.75, 3.05) is 13.2 Å². The molecule has 1 aromatic rings. The quantitative estimate of drug-likeness (QED) is 0.898. The lowest BCUT2D eigenvalue weighted by Gasteiger charge is -2.22. The van der Waals surface area contributed by atoms with E-state index in [0.29, 0.717) is 6.04 Å². The van der Waals surface area contributed by atoms with Crippen LogP contribution in [0.1, 0.15) is 37.8 Å². The largest absolute Gasteiger partial charge is 0.435 e. The average molecular weight is 285 g/mol. The molecule has 2 rings (SSSR count). The smallest absolute Gasteiger partial charge is 0.387 e. The molecule has 1 heterocycles. The van der Waals surface area contributed by atoms with Crippen LogP contribution in [0.25, 0.3) is 0 Å². The van der Waals surface area contributed by atoms with Gasteiger partial charge in [0.2, 0.25) is 0 Å². The molecule has 0 aliphatic carbocycles. The van der Waals surface area contributed by atoms with E-state index in [1.165, 1.54) is 0 Å². The molecule has 112 valence electrons. The van der Waals surface area contributed by atoms with Crippen molar-refractivity contribution in [1.29, 1.82) is 0 Å². The molecule has 1 aliphatic rings. The van der Waals surface area contributed by atoms with Crippen LogP contribution in [0.4, 0.5) is 8.78 Å². The summed E-state index contributed by atoms with van der Waals surface area (Å²) in [5.74, 6) is 0.204. The van der Waals surface area contributed by atoms with Crippen molar-refractivity contribution in [3.05, 3.63) is 29.8 Å². The highest BCUT2D eigenvalue weighted by molar-refractivity contribution is 5.30. The third-order valence-electron chi connectivity index (χ3n) is 3.52. The minimum atomic E-state index is -2.78. The van der Waals surface area contributed by atoms with Crippen LogP contribution in [0.3, 0.4) is 0 Å². The summed E-state index contributed by atoms with van der Waals surface area (Å²) in [5.41, 5.74) is 0.952. The van der Waals surface area contributed by atoms with E-state index in [4.69, 9.17) is 4.74 Å². The van der Waals surface area contributed by atoms with E-state index in [1.54, 1.807) is 18.2 Å². The third-order valence-corrected chi connectivity index (χ3v) is 3.52. The fourth-order valence-corrected chi connectivity index (χ4v) is 2.48. The molecule has 0 amide bonds. The van der Waals surface area contributed by atoms with Gasteiger partial charge in [0.1, 0.15) is 5.75 Å². The van der Waals surface area contributed by atoms with Crippen LogP contribution >= 0.6 is 0 Å². The molecular formula is C15H21F2NO2. The first-order chi connectivity index (χ1) is 9.65. The molecule has 1 aliphatic heterocycles. The van der Waals surface area contributed by atoms with Gasteiger partial charge in [-0.2, -0.15) is 8.78 Å². The van der Waals surface area contributed by atoms with Crippen molar-refractivity contribution >= 4 is 0 Å². The second-order valence-electron chi connectivity index (χ2n) is 5.08. The fraction of sp³-hybridized carbons (Fsp3) is 0.600. The van der Waals surface area contributed by atoms with Gasteiger partial charge in [-0.3, -0.25) is 0 Å². The van der Waals surface area contributed by atoms with Crippen molar-refractivity contribution in [3.63, 3.8) is 0 Å². The topological polar surface area (TPSA) is 30.5 Å². The van der Waals surface area contributed by atoms with E-state index in [1.807, 2.05) is 13.0 Å². The Hall–Kier alpha value is -1.20. The van der Waals surface area contributed by atoms with Gasteiger partial charge >= 0.3 is 6.61 Å². The molecule has 20 heavy (non-hydrogen) atoms.